The van der Waals surface area contributed by atoms with Gasteiger partial charge in [-0.25, -0.2) is 0 Å². The fraction of sp³-hybridized carbons (Fsp3) is 0.467. The summed E-state index contributed by atoms with van der Waals surface area (Å²) in [7, 11) is 0. The van der Waals surface area contributed by atoms with Crippen molar-refractivity contribution in [3.63, 3.8) is 0 Å². The Bertz CT molecular complexity index is 419. The van der Waals surface area contributed by atoms with Crippen LogP contribution in [-0.4, -0.2) is 30.9 Å². The highest BCUT2D eigenvalue weighted by Crippen LogP contribution is 2.23. The van der Waals surface area contributed by atoms with E-state index in [9.17, 15) is 9.59 Å². The molecule has 1 rings (SSSR count). The van der Waals surface area contributed by atoms with Gasteiger partial charge in [0.05, 0.1) is 25.6 Å². The molecular formula is C15H20O4S. The number of carbonyl (C=O) groups is 2. The lowest BCUT2D eigenvalue weighted by Crippen LogP contribution is -2.24. The molecule has 0 aliphatic carbocycles. The minimum Gasteiger partial charge on any atom is -0.466 e. The number of thioether (sulfide) groups is 1. The van der Waals surface area contributed by atoms with E-state index in [0.717, 1.165) is 4.90 Å². The van der Waals surface area contributed by atoms with Crippen LogP contribution < -0.4 is 0 Å². The van der Waals surface area contributed by atoms with Crippen molar-refractivity contribution in [3.05, 3.63) is 30.3 Å². The first-order valence-corrected chi connectivity index (χ1v) is 7.66. The maximum Gasteiger partial charge on any atom is 0.310 e. The van der Waals surface area contributed by atoms with Crippen molar-refractivity contribution in [3.8, 4) is 0 Å². The zero-order valence-electron chi connectivity index (χ0n) is 11.8. The number of ether oxygens (including phenoxy) is 2. The third kappa shape index (κ3) is 6.10. The summed E-state index contributed by atoms with van der Waals surface area (Å²) in [5.41, 5.74) is 0. The number of hydrogen-bond donors (Lipinski definition) is 0. The molecule has 4 nitrogen and oxygen atoms in total. The summed E-state index contributed by atoms with van der Waals surface area (Å²) < 4.78 is 9.91. The molecule has 1 atom stereocenters. The Hall–Kier alpha value is -1.49. The largest absolute Gasteiger partial charge is 0.466 e. The molecule has 5 heteroatoms. The Balaban J connectivity index is 2.57. The van der Waals surface area contributed by atoms with Crippen LogP contribution in [0.1, 0.15) is 20.3 Å². The van der Waals surface area contributed by atoms with Gasteiger partial charge in [0.2, 0.25) is 0 Å². The summed E-state index contributed by atoms with van der Waals surface area (Å²) in [6.45, 7) is 4.13. The molecular weight excluding hydrogens is 276 g/mol. The Morgan fingerprint density at radius 3 is 2.35 bits per heavy atom. The average molecular weight is 296 g/mol. The van der Waals surface area contributed by atoms with Crippen LogP contribution in [0.25, 0.3) is 0 Å². The normalized spacial score (nSPS) is 11.7. The fourth-order valence-electron chi connectivity index (χ4n) is 1.61. The highest BCUT2D eigenvalue weighted by atomic mass is 32.2. The van der Waals surface area contributed by atoms with Gasteiger partial charge in [-0.3, -0.25) is 9.59 Å². The van der Waals surface area contributed by atoms with E-state index in [1.165, 1.54) is 11.8 Å². The summed E-state index contributed by atoms with van der Waals surface area (Å²) >= 11 is 1.53. The van der Waals surface area contributed by atoms with Crippen LogP contribution in [0.3, 0.4) is 0 Å². The lowest BCUT2D eigenvalue weighted by atomic mass is 10.1. The van der Waals surface area contributed by atoms with E-state index < -0.39 is 5.92 Å². The maximum atomic E-state index is 11.9. The molecule has 0 saturated carbocycles. The number of esters is 2. The highest BCUT2D eigenvalue weighted by molar-refractivity contribution is 7.99. The van der Waals surface area contributed by atoms with E-state index in [1.807, 2.05) is 30.3 Å². The summed E-state index contributed by atoms with van der Waals surface area (Å²) in [6, 6.07) is 9.75. The zero-order chi connectivity index (χ0) is 14.8. The van der Waals surface area contributed by atoms with Gasteiger partial charge < -0.3 is 9.47 Å². The van der Waals surface area contributed by atoms with Gasteiger partial charge in [0, 0.05) is 10.6 Å². The molecule has 110 valence electrons. The van der Waals surface area contributed by atoms with Crippen molar-refractivity contribution in [1.29, 1.82) is 0 Å². The molecule has 0 spiro atoms. The van der Waals surface area contributed by atoms with Crippen LogP contribution in [0, 0.1) is 5.92 Å². The Labute approximate surface area is 123 Å². The molecule has 0 bridgehead atoms. The van der Waals surface area contributed by atoms with Gasteiger partial charge >= 0.3 is 11.9 Å². The monoisotopic (exact) mass is 296 g/mol. The molecule has 0 aliphatic heterocycles. The van der Waals surface area contributed by atoms with Crippen molar-refractivity contribution in [2.75, 3.05) is 19.0 Å². The van der Waals surface area contributed by atoms with Gasteiger partial charge in [-0.1, -0.05) is 18.2 Å². The fourth-order valence-corrected chi connectivity index (χ4v) is 2.60. The molecule has 0 fully saturated rings. The molecule has 0 saturated heterocycles. The first-order valence-electron chi connectivity index (χ1n) is 6.67. The summed E-state index contributed by atoms with van der Waals surface area (Å²) in [6.07, 6.45) is 0.0620. The van der Waals surface area contributed by atoms with Gasteiger partial charge in [-0.2, -0.15) is 0 Å². The van der Waals surface area contributed by atoms with E-state index in [1.54, 1.807) is 13.8 Å². The highest BCUT2D eigenvalue weighted by Gasteiger charge is 2.24. The first-order chi connectivity index (χ1) is 9.67. The van der Waals surface area contributed by atoms with Crippen molar-refractivity contribution in [2.45, 2.75) is 25.2 Å². The smallest absolute Gasteiger partial charge is 0.310 e. The maximum absolute atomic E-state index is 11.9. The predicted octanol–water partition coefficient (Wildman–Crippen LogP) is 2.91. The van der Waals surface area contributed by atoms with Crippen molar-refractivity contribution in [2.24, 2.45) is 5.92 Å². The second-order valence-electron chi connectivity index (χ2n) is 4.08. The molecule has 0 radical (unpaired) electrons. The molecule has 1 unspecified atom stereocenters. The van der Waals surface area contributed by atoms with Gasteiger partial charge in [0.15, 0.2) is 0 Å². The van der Waals surface area contributed by atoms with Crippen LogP contribution in [0.5, 0.6) is 0 Å². The molecule has 0 amide bonds. The topological polar surface area (TPSA) is 52.6 Å². The second-order valence-corrected chi connectivity index (χ2v) is 5.18. The Morgan fingerprint density at radius 2 is 1.75 bits per heavy atom. The molecule has 0 aromatic heterocycles. The predicted molar refractivity (Wildman–Crippen MR) is 78.5 cm³/mol. The number of hydrogen-bond acceptors (Lipinski definition) is 5. The molecule has 20 heavy (non-hydrogen) atoms. The van der Waals surface area contributed by atoms with Gasteiger partial charge in [0.1, 0.15) is 0 Å². The molecule has 1 aromatic carbocycles. The average Bonchev–Trinajstić information content (AvgIpc) is 2.45. The van der Waals surface area contributed by atoms with Gasteiger partial charge in [0.25, 0.3) is 0 Å². The summed E-state index contributed by atoms with van der Waals surface area (Å²) in [4.78, 5) is 24.5. The molecule has 0 N–H and O–H groups in total. The van der Waals surface area contributed by atoms with E-state index in [4.69, 9.17) is 9.47 Å². The summed E-state index contributed by atoms with van der Waals surface area (Å²) in [5.74, 6) is -0.677. The lowest BCUT2D eigenvalue weighted by Gasteiger charge is -2.14. The Morgan fingerprint density at radius 1 is 1.10 bits per heavy atom. The van der Waals surface area contributed by atoms with Crippen LogP contribution in [0.15, 0.2) is 35.2 Å². The molecule has 0 aliphatic rings. The van der Waals surface area contributed by atoms with Crippen LogP contribution >= 0.6 is 11.8 Å². The summed E-state index contributed by atoms with van der Waals surface area (Å²) in [5, 5.41) is 0. The van der Waals surface area contributed by atoms with E-state index in [0.29, 0.717) is 19.0 Å². The van der Waals surface area contributed by atoms with Gasteiger partial charge in [-0.15, -0.1) is 11.8 Å². The first kappa shape index (κ1) is 16.6. The minimum atomic E-state index is -0.473. The Kier molecular flexibility index (Phi) is 7.80. The van der Waals surface area contributed by atoms with Crippen LogP contribution in [-0.2, 0) is 19.1 Å². The van der Waals surface area contributed by atoms with Gasteiger partial charge in [-0.05, 0) is 26.0 Å². The standard InChI is InChI=1S/C15H20O4S/c1-3-18-14(16)10-12(15(17)19-4-2)11-20-13-8-6-5-7-9-13/h5-9,12H,3-4,10-11H2,1-2H3. The lowest BCUT2D eigenvalue weighted by molar-refractivity contribution is -0.153. The SMILES string of the molecule is CCOC(=O)CC(CSc1ccccc1)C(=O)OCC. The van der Waals surface area contributed by atoms with Crippen molar-refractivity contribution >= 4 is 23.7 Å². The third-order valence-electron chi connectivity index (χ3n) is 2.53. The number of carbonyl (C=O) groups excluding carboxylic acids is 2. The second kappa shape index (κ2) is 9.42. The number of rotatable bonds is 8. The van der Waals surface area contributed by atoms with Crippen LogP contribution in [0.4, 0.5) is 0 Å². The number of benzene rings is 1. The molecule has 1 aromatic rings. The van der Waals surface area contributed by atoms with E-state index in [2.05, 4.69) is 0 Å². The quantitative estimate of drug-likeness (QED) is 0.545. The van der Waals surface area contributed by atoms with E-state index in [-0.39, 0.29) is 18.4 Å². The van der Waals surface area contributed by atoms with Crippen molar-refractivity contribution < 1.29 is 19.1 Å². The minimum absolute atomic E-state index is 0.0620. The third-order valence-corrected chi connectivity index (χ3v) is 3.71. The van der Waals surface area contributed by atoms with E-state index >= 15 is 0 Å². The van der Waals surface area contributed by atoms with Crippen molar-refractivity contribution in [1.82, 2.24) is 0 Å². The molecule has 0 heterocycles. The zero-order valence-corrected chi connectivity index (χ0v) is 12.7. The van der Waals surface area contributed by atoms with Crippen LogP contribution in [0.2, 0.25) is 0 Å².